The maximum absolute atomic E-state index is 5.86. The highest BCUT2D eigenvalue weighted by Gasteiger charge is 2.11. The van der Waals surface area contributed by atoms with Crippen LogP contribution in [-0.4, -0.2) is 27.3 Å². The topological polar surface area (TPSA) is 78.8 Å². The molecule has 3 rings (SSSR count). The highest BCUT2D eigenvalue weighted by atomic mass is 32.2. The van der Waals surface area contributed by atoms with E-state index in [4.69, 9.17) is 10.5 Å². The van der Waals surface area contributed by atoms with Crippen LogP contribution in [0.1, 0.15) is 0 Å². The van der Waals surface area contributed by atoms with Gasteiger partial charge in [-0.1, -0.05) is 18.2 Å². The number of nitrogens with zero attached hydrogens (tertiary/aromatic N) is 4. The van der Waals surface area contributed by atoms with Gasteiger partial charge in [-0.25, -0.2) is 0 Å². The van der Waals surface area contributed by atoms with Crippen molar-refractivity contribution in [2.45, 2.75) is 10.1 Å². The number of tetrazole rings is 1. The van der Waals surface area contributed by atoms with Crippen LogP contribution in [0.4, 0.5) is 5.69 Å². The standard InChI is InChI=1S/C14H13N5OS/c1-20-12-7-10(15)8-13(9-12)21-14-16-17-18-19(14)11-5-3-2-4-6-11/h2-9H,15H2,1H3. The molecule has 0 aliphatic heterocycles. The molecular weight excluding hydrogens is 286 g/mol. The maximum atomic E-state index is 5.86. The quantitative estimate of drug-likeness (QED) is 0.745. The summed E-state index contributed by atoms with van der Waals surface area (Å²) >= 11 is 1.43. The van der Waals surface area contributed by atoms with Crippen molar-refractivity contribution in [2.24, 2.45) is 0 Å². The summed E-state index contributed by atoms with van der Waals surface area (Å²) < 4.78 is 6.90. The zero-order valence-electron chi connectivity index (χ0n) is 11.3. The molecule has 0 spiro atoms. The molecule has 0 bridgehead atoms. The number of ether oxygens (including phenoxy) is 1. The van der Waals surface area contributed by atoms with Gasteiger partial charge in [0.2, 0.25) is 5.16 Å². The van der Waals surface area contributed by atoms with Gasteiger partial charge in [0, 0.05) is 16.6 Å². The zero-order chi connectivity index (χ0) is 14.7. The zero-order valence-corrected chi connectivity index (χ0v) is 12.1. The number of methoxy groups -OCH3 is 1. The molecule has 0 saturated heterocycles. The maximum Gasteiger partial charge on any atom is 0.218 e. The molecule has 21 heavy (non-hydrogen) atoms. The van der Waals surface area contributed by atoms with Gasteiger partial charge in [0.1, 0.15) is 5.75 Å². The van der Waals surface area contributed by atoms with Crippen LogP contribution >= 0.6 is 11.8 Å². The molecule has 0 atom stereocenters. The summed E-state index contributed by atoms with van der Waals surface area (Å²) in [5, 5.41) is 12.5. The lowest BCUT2D eigenvalue weighted by Gasteiger charge is -2.06. The highest BCUT2D eigenvalue weighted by molar-refractivity contribution is 7.99. The Hall–Kier alpha value is -2.54. The number of rotatable bonds is 4. The van der Waals surface area contributed by atoms with Gasteiger partial charge in [-0.3, -0.25) is 0 Å². The molecule has 6 nitrogen and oxygen atoms in total. The van der Waals surface area contributed by atoms with Crippen LogP contribution in [-0.2, 0) is 0 Å². The van der Waals surface area contributed by atoms with Crippen molar-refractivity contribution in [3.05, 3.63) is 48.5 Å². The van der Waals surface area contributed by atoms with Crippen LogP contribution < -0.4 is 10.5 Å². The van der Waals surface area contributed by atoms with Crippen molar-refractivity contribution in [1.82, 2.24) is 20.2 Å². The van der Waals surface area contributed by atoms with E-state index in [9.17, 15) is 0 Å². The second-order valence-electron chi connectivity index (χ2n) is 4.25. The van der Waals surface area contributed by atoms with Gasteiger partial charge in [0.25, 0.3) is 0 Å². The molecule has 0 aliphatic rings. The van der Waals surface area contributed by atoms with E-state index in [0.717, 1.165) is 10.6 Å². The summed E-state index contributed by atoms with van der Waals surface area (Å²) in [6, 6.07) is 15.2. The number of para-hydroxylation sites is 1. The molecule has 0 fully saturated rings. The van der Waals surface area contributed by atoms with Crippen molar-refractivity contribution in [1.29, 1.82) is 0 Å². The van der Waals surface area contributed by atoms with Crippen LogP contribution in [0.3, 0.4) is 0 Å². The van der Waals surface area contributed by atoms with E-state index >= 15 is 0 Å². The lowest BCUT2D eigenvalue weighted by Crippen LogP contribution is -1.98. The molecule has 1 aromatic heterocycles. The summed E-state index contributed by atoms with van der Waals surface area (Å²) in [7, 11) is 1.61. The van der Waals surface area contributed by atoms with Gasteiger partial charge in [-0.15, -0.1) is 5.10 Å². The van der Waals surface area contributed by atoms with Crippen molar-refractivity contribution >= 4 is 17.4 Å². The van der Waals surface area contributed by atoms with E-state index in [1.54, 1.807) is 17.9 Å². The molecule has 1 heterocycles. The van der Waals surface area contributed by atoms with Crippen molar-refractivity contribution < 1.29 is 4.74 Å². The van der Waals surface area contributed by atoms with E-state index in [1.807, 2.05) is 42.5 Å². The average Bonchev–Trinajstić information content (AvgIpc) is 2.95. The number of hydrogen-bond donors (Lipinski definition) is 1. The first kappa shape index (κ1) is 13.4. The Morgan fingerprint density at radius 1 is 1.14 bits per heavy atom. The van der Waals surface area contributed by atoms with Crippen molar-refractivity contribution in [3.63, 3.8) is 0 Å². The van der Waals surface area contributed by atoms with E-state index in [1.165, 1.54) is 11.8 Å². The number of anilines is 1. The number of nitrogens with two attached hydrogens (primary N) is 1. The Kier molecular flexibility index (Phi) is 3.74. The molecule has 3 aromatic rings. The van der Waals surface area contributed by atoms with Gasteiger partial charge < -0.3 is 10.5 Å². The predicted octanol–water partition coefficient (Wildman–Crippen LogP) is 2.40. The smallest absolute Gasteiger partial charge is 0.218 e. The molecule has 106 valence electrons. The lowest BCUT2D eigenvalue weighted by molar-refractivity contribution is 0.414. The summed E-state index contributed by atoms with van der Waals surface area (Å²) in [6.07, 6.45) is 0. The minimum absolute atomic E-state index is 0.635. The van der Waals surface area contributed by atoms with E-state index < -0.39 is 0 Å². The highest BCUT2D eigenvalue weighted by Crippen LogP contribution is 2.31. The molecule has 2 N–H and O–H groups in total. The van der Waals surface area contributed by atoms with Gasteiger partial charge in [0.15, 0.2) is 0 Å². The summed E-state index contributed by atoms with van der Waals surface area (Å²) in [4.78, 5) is 0.916. The van der Waals surface area contributed by atoms with Gasteiger partial charge in [0.05, 0.1) is 12.8 Å². The van der Waals surface area contributed by atoms with E-state index in [2.05, 4.69) is 15.5 Å². The third kappa shape index (κ3) is 2.97. The van der Waals surface area contributed by atoms with Crippen molar-refractivity contribution in [3.8, 4) is 11.4 Å². The van der Waals surface area contributed by atoms with E-state index in [0.29, 0.717) is 16.6 Å². The molecule has 0 aliphatic carbocycles. The minimum Gasteiger partial charge on any atom is -0.497 e. The molecule has 0 amide bonds. The summed E-state index contributed by atoms with van der Waals surface area (Å²) in [5.74, 6) is 0.705. The fraction of sp³-hybridized carbons (Fsp3) is 0.0714. The SMILES string of the molecule is COc1cc(N)cc(Sc2nnnn2-c2ccccc2)c1. The molecule has 0 unspecified atom stereocenters. The normalized spacial score (nSPS) is 10.5. The molecular formula is C14H13N5OS. The predicted molar refractivity (Wildman–Crippen MR) is 80.7 cm³/mol. The van der Waals surface area contributed by atoms with E-state index in [-0.39, 0.29) is 0 Å². The Bertz CT molecular complexity index is 744. The number of benzene rings is 2. The number of hydrogen-bond acceptors (Lipinski definition) is 6. The van der Waals surface area contributed by atoms with Gasteiger partial charge in [-0.05, 0) is 46.5 Å². The first-order chi connectivity index (χ1) is 10.3. The number of aromatic nitrogens is 4. The van der Waals surface area contributed by atoms with Gasteiger partial charge in [-0.2, -0.15) is 4.68 Å². The second-order valence-corrected chi connectivity index (χ2v) is 5.29. The van der Waals surface area contributed by atoms with Crippen LogP contribution in [0.15, 0.2) is 58.6 Å². The molecule has 0 saturated carbocycles. The largest absolute Gasteiger partial charge is 0.497 e. The average molecular weight is 299 g/mol. The third-order valence-corrected chi connectivity index (χ3v) is 3.70. The second kappa shape index (κ2) is 5.84. The Labute approximate surface area is 125 Å². The summed E-state index contributed by atoms with van der Waals surface area (Å²) in [5.41, 5.74) is 7.40. The fourth-order valence-electron chi connectivity index (χ4n) is 1.85. The van der Waals surface area contributed by atoms with Crippen LogP contribution in [0.25, 0.3) is 5.69 Å². The molecule has 2 aromatic carbocycles. The monoisotopic (exact) mass is 299 g/mol. The summed E-state index contributed by atoms with van der Waals surface area (Å²) in [6.45, 7) is 0. The molecule has 7 heteroatoms. The lowest BCUT2D eigenvalue weighted by atomic mass is 10.3. The Morgan fingerprint density at radius 3 is 2.71 bits per heavy atom. The first-order valence-corrected chi connectivity index (χ1v) is 7.04. The molecule has 0 radical (unpaired) electrons. The first-order valence-electron chi connectivity index (χ1n) is 6.22. The van der Waals surface area contributed by atoms with Crippen LogP contribution in [0.2, 0.25) is 0 Å². The van der Waals surface area contributed by atoms with Crippen molar-refractivity contribution in [2.75, 3.05) is 12.8 Å². The number of nitrogen functional groups attached to an aromatic ring is 1. The third-order valence-electron chi connectivity index (χ3n) is 2.79. The van der Waals surface area contributed by atoms with Crippen LogP contribution in [0, 0.1) is 0 Å². The Morgan fingerprint density at radius 2 is 1.95 bits per heavy atom. The van der Waals surface area contributed by atoms with Gasteiger partial charge >= 0.3 is 0 Å². The fourth-order valence-corrected chi connectivity index (χ4v) is 2.74. The van der Waals surface area contributed by atoms with Crippen LogP contribution in [0.5, 0.6) is 5.75 Å². The minimum atomic E-state index is 0.635. The Balaban J connectivity index is 1.93.